The van der Waals surface area contributed by atoms with Crippen LogP contribution in [0, 0.1) is 0 Å². The topological polar surface area (TPSA) is 84.2 Å². The summed E-state index contributed by atoms with van der Waals surface area (Å²) < 4.78 is 5.12. The van der Waals surface area contributed by atoms with Gasteiger partial charge in [-0.3, -0.25) is 9.59 Å². The van der Waals surface area contributed by atoms with Gasteiger partial charge in [0.1, 0.15) is 5.52 Å². The molecule has 18 heavy (non-hydrogen) atoms. The van der Waals surface area contributed by atoms with Gasteiger partial charge >= 0.3 is 0 Å². The first-order valence-electron chi connectivity index (χ1n) is 5.53. The van der Waals surface area contributed by atoms with Crippen molar-refractivity contribution in [2.24, 2.45) is 0 Å². The van der Waals surface area contributed by atoms with Crippen LogP contribution < -0.4 is 10.6 Å². The number of carbonyl (C=O) groups is 2. The Morgan fingerprint density at radius 3 is 2.83 bits per heavy atom. The van der Waals surface area contributed by atoms with E-state index < -0.39 is 0 Å². The van der Waals surface area contributed by atoms with Crippen molar-refractivity contribution in [1.29, 1.82) is 0 Å². The third kappa shape index (κ3) is 2.85. The van der Waals surface area contributed by atoms with Crippen LogP contribution in [0.15, 0.2) is 29.0 Å². The van der Waals surface area contributed by atoms with Crippen molar-refractivity contribution in [2.45, 2.75) is 6.92 Å². The van der Waals surface area contributed by atoms with Crippen LogP contribution in [0.2, 0.25) is 0 Å². The van der Waals surface area contributed by atoms with E-state index in [0.717, 1.165) is 0 Å². The Balaban J connectivity index is 1.93. The first kappa shape index (κ1) is 12.1. The summed E-state index contributed by atoms with van der Waals surface area (Å²) in [6, 6.07) is 5.04. The third-order valence-electron chi connectivity index (χ3n) is 2.38. The minimum atomic E-state index is -0.210. The molecule has 0 saturated heterocycles. The Labute approximate surface area is 103 Å². The van der Waals surface area contributed by atoms with Crippen molar-refractivity contribution < 1.29 is 14.0 Å². The number of oxazole rings is 1. The fourth-order valence-electron chi connectivity index (χ4n) is 1.51. The molecule has 0 aliphatic heterocycles. The SMILES string of the molecule is CC(=O)NCCNC(=O)c1ccc2ncoc2c1. The highest BCUT2D eigenvalue weighted by Crippen LogP contribution is 2.13. The van der Waals surface area contributed by atoms with Crippen molar-refractivity contribution >= 4 is 22.9 Å². The number of fused-ring (bicyclic) bond motifs is 1. The van der Waals surface area contributed by atoms with E-state index in [2.05, 4.69) is 15.6 Å². The summed E-state index contributed by atoms with van der Waals surface area (Å²) in [4.78, 5) is 26.4. The second-order valence-electron chi connectivity index (χ2n) is 3.77. The average Bonchev–Trinajstić information content (AvgIpc) is 2.81. The molecule has 0 saturated carbocycles. The van der Waals surface area contributed by atoms with E-state index in [0.29, 0.717) is 29.8 Å². The zero-order valence-corrected chi connectivity index (χ0v) is 9.90. The molecule has 6 nitrogen and oxygen atoms in total. The lowest BCUT2D eigenvalue weighted by Crippen LogP contribution is -2.33. The predicted octanol–water partition coefficient (Wildman–Crippen LogP) is 0.694. The van der Waals surface area contributed by atoms with Gasteiger partial charge in [-0.25, -0.2) is 4.98 Å². The molecule has 1 aromatic carbocycles. The first-order chi connectivity index (χ1) is 8.66. The minimum absolute atomic E-state index is 0.118. The summed E-state index contributed by atoms with van der Waals surface area (Å²) in [6.07, 6.45) is 1.34. The maximum atomic E-state index is 11.8. The zero-order chi connectivity index (χ0) is 13.0. The standard InChI is InChI=1S/C12H13N3O3/c1-8(16)13-4-5-14-12(17)9-2-3-10-11(6-9)18-7-15-10/h2-3,6-7H,4-5H2,1H3,(H,13,16)(H,14,17). The summed E-state index contributed by atoms with van der Waals surface area (Å²) >= 11 is 0. The maximum Gasteiger partial charge on any atom is 0.251 e. The number of rotatable bonds is 4. The van der Waals surface area contributed by atoms with Gasteiger partial charge < -0.3 is 15.1 Å². The fraction of sp³-hybridized carbons (Fsp3) is 0.250. The van der Waals surface area contributed by atoms with Gasteiger partial charge in [0.15, 0.2) is 12.0 Å². The molecule has 0 atom stereocenters. The molecule has 2 amide bonds. The Hall–Kier alpha value is -2.37. The molecule has 0 radical (unpaired) electrons. The smallest absolute Gasteiger partial charge is 0.251 e. The number of amides is 2. The summed E-state index contributed by atoms with van der Waals surface area (Å²) in [7, 11) is 0. The van der Waals surface area contributed by atoms with E-state index in [1.165, 1.54) is 13.3 Å². The van der Waals surface area contributed by atoms with Crippen LogP contribution in [0.1, 0.15) is 17.3 Å². The van der Waals surface area contributed by atoms with Crippen LogP contribution in [0.25, 0.3) is 11.1 Å². The normalized spacial score (nSPS) is 10.3. The summed E-state index contributed by atoms with van der Waals surface area (Å²) in [5.41, 5.74) is 1.79. The number of nitrogens with one attached hydrogen (secondary N) is 2. The van der Waals surface area contributed by atoms with Gasteiger partial charge in [0.2, 0.25) is 5.91 Å². The molecule has 0 aliphatic carbocycles. The second kappa shape index (κ2) is 5.31. The lowest BCUT2D eigenvalue weighted by Gasteiger charge is -2.05. The number of aromatic nitrogens is 1. The van der Waals surface area contributed by atoms with Crippen LogP contribution in [-0.2, 0) is 4.79 Å². The highest BCUT2D eigenvalue weighted by Gasteiger charge is 2.07. The Bertz CT molecular complexity index is 577. The van der Waals surface area contributed by atoms with Crippen molar-refractivity contribution in [3.05, 3.63) is 30.2 Å². The highest BCUT2D eigenvalue weighted by atomic mass is 16.3. The van der Waals surface area contributed by atoms with E-state index in [4.69, 9.17) is 4.42 Å². The Morgan fingerprint density at radius 2 is 2.06 bits per heavy atom. The van der Waals surface area contributed by atoms with Gasteiger partial charge in [-0.2, -0.15) is 0 Å². The molecule has 0 bridgehead atoms. The molecule has 1 heterocycles. The molecule has 2 rings (SSSR count). The molecule has 2 N–H and O–H groups in total. The van der Waals surface area contributed by atoms with Crippen LogP contribution in [0.5, 0.6) is 0 Å². The number of carbonyl (C=O) groups excluding carboxylic acids is 2. The van der Waals surface area contributed by atoms with Crippen LogP contribution in [-0.4, -0.2) is 29.9 Å². The van der Waals surface area contributed by atoms with Crippen LogP contribution in [0.3, 0.4) is 0 Å². The molecule has 94 valence electrons. The lowest BCUT2D eigenvalue weighted by atomic mass is 10.2. The van der Waals surface area contributed by atoms with E-state index in [9.17, 15) is 9.59 Å². The average molecular weight is 247 g/mol. The molecular weight excluding hydrogens is 234 g/mol. The highest BCUT2D eigenvalue weighted by molar-refractivity contribution is 5.96. The van der Waals surface area contributed by atoms with E-state index in [1.807, 2.05) is 0 Å². The fourth-order valence-corrected chi connectivity index (χ4v) is 1.51. The van der Waals surface area contributed by atoms with Crippen LogP contribution in [0.4, 0.5) is 0 Å². The first-order valence-corrected chi connectivity index (χ1v) is 5.53. The van der Waals surface area contributed by atoms with Crippen molar-refractivity contribution in [1.82, 2.24) is 15.6 Å². The number of benzene rings is 1. The molecule has 0 aliphatic rings. The zero-order valence-electron chi connectivity index (χ0n) is 9.90. The predicted molar refractivity (Wildman–Crippen MR) is 65.0 cm³/mol. The summed E-state index contributed by atoms with van der Waals surface area (Å²) in [6.45, 7) is 2.22. The van der Waals surface area contributed by atoms with Gasteiger partial charge in [0.05, 0.1) is 0 Å². The largest absolute Gasteiger partial charge is 0.443 e. The summed E-state index contributed by atoms with van der Waals surface area (Å²) in [5, 5.41) is 5.29. The van der Waals surface area contributed by atoms with Gasteiger partial charge in [-0.05, 0) is 18.2 Å². The second-order valence-corrected chi connectivity index (χ2v) is 3.77. The van der Waals surface area contributed by atoms with Crippen molar-refractivity contribution in [2.75, 3.05) is 13.1 Å². The maximum absolute atomic E-state index is 11.8. The Morgan fingerprint density at radius 1 is 1.28 bits per heavy atom. The van der Waals surface area contributed by atoms with E-state index in [1.54, 1.807) is 18.2 Å². The number of hydrogen-bond donors (Lipinski definition) is 2. The van der Waals surface area contributed by atoms with E-state index in [-0.39, 0.29) is 11.8 Å². The molecule has 1 aromatic heterocycles. The quantitative estimate of drug-likeness (QED) is 0.779. The molecule has 0 unspecified atom stereocenters. The van der Waals surface area contributed by atoms with Gasteiger partial charge in [-0.1, -0.05) is 0 Å². The van der Waals surface area contributed by atoms with Crippen LogP contribution >= 0.6 is 0 Å². The molecule has 0 fully saturated rings. The molecule has 2 aromatic rings. The Kier molecular flexibility index (Phi) is 3.57. The van der Waals surface area contributed by atoms with Crippen molar-refractivity contribution in [3.63, 3.8) is 0 Å². The minimum Gasteiger partial charge on any atom is -0.443 e. The van der Waals surface area contributed by atoms with E-state index >= 15 is 0 Å². The summed E-state index contributed by atoms with van der Waals surface area (Å²) in [5.74, 6) is -0.328. The van der Waals surface area contributed by atoms with Gasteiger partial charge in [0.25, 0.3) is 5.91 Å². The van der Waals surface area contributed by atoms with Gasteiger partial charge in [0, 0.05) is 25.6 Å². The monoisotopic (exact) mass is 247 g/mol. The molecule has 0 spiro atoms. The van der Waals surface area contributed by atoms with Crippen molar-refractivity contribution in [3.8, 4) is 0 Å². The third-order valence-corrected chi connectivity index (χ3v) is 2.38. The lowest BCUT2D eigenvalue weighted by molar-refractivity contribution is -0.118. The molecule has 6 heteroatoms. The molecular formula is C12H13N3O3. The van der Waals surface area contributed by atoms with Gasteiger partial charge in [-0.15, -0.1) is 0 Å². The number of hydrogen-bond acceptors (Lipinski definition) is 4. The number of nitrogens with zero attached hydrogens (tertiary/aromatic N) is 1.